The van der Waals surface area contributed by atoms with Gasteiger partial charge in [-0.2, -0.15) is 0 Å². The van der Waals surface area contributed by atoms with Crippen molar-refractivity contribution >= 4 is 15.9 Å². The summed E-state index contributed by atoms with van der Waals surface area (Å²) in [5, 5.41) is 0. The number of allylic oxidation sites excluding steroid dienone is 2. The van der Waals surface area contributed by atoms with Gasteiger partial charge in [-0.05, 0) is 18.6 Å². The summed E-state index contributed by atoms with van der Waals surface area (Å²) in [5.41, 5.74) is 6.58. The molecule has 0 saturated carbocycles. The van der Waals surface area contributed by atoms with E-state index in [2.05, 4.69) is 29.1 Å². The van der Waals surface area contributed by atoms with Gasteiger partial charge in [-0.25, -0.2) is 0 Å². The number of nitrogens with two attached hydrogens (primary N) is 1. The topological polar surface area (TPSA) is 26.0 Å². The summed E-state index contributed by atoms with van der Waals surface area (Å²) in [6, 6.07) is 0.0202. The molecule has 2 heteroatoms. The van der Waals surface area contributed by atoms with Gasteiger partial charge in [0.05, 0.1) is 0 Å². The molecule has 70 valence electrons. The Labute approximate surface area is 84.2 Å². The van der Waals surface area contributed by atoms with Crippen LogP contribution in [0.3, 0.4) is 0 Å². The van der Waals surface area contributed by atoms with E-state index in [9.17, 15) is 0 Å². The van der Waals surface area contributed by atoms with E-state index in [0.717, 1.165) is 10.1 Å². The SMILES string of the molecule is C=C/C(=C\C(=C)Br)C(C)N.CC. The molecular weight excluding hydrogens is 214 g/mol. The standard InChI is InChI=1S/C8H12BrN.C2H6/c1-4-8(7(3)10)5-6(2)9;1-2/h4-5,7H,1-2,10H2,3H3;1-2H3/b8-5+;. The number of hydrogen-bond acceptors (Lipinski definition) is 1. The molecule has 0 aliphatic rings. The molecule has 0 saturated heterocycles. The Morgan fingerprint density at radius 1 is 1.50 bits per heavy atom. The molecule has 0 aromatic rings. The van der Waals surface area contributed by atoms with E-state index >= 15 is 0 Å². The molecule has 0 spiro atoms. The third-order valence-corrected chi connectivity index (χ3v) is 1.31. The Hall–Kier alpha value is -0.340. The van der Waals surface area contributed by atoms with Crippen LogP contribution in [0, 0.1) is 0 Å². The zero-order chi connectivity index (χ0) is 10.1. The minimum Gasteiger partial charge on any atom is -0.324 e. The average Bonchev–Trinajstić information content (AvgIpc) is 2.03. The highest BCUT2D eigenvalue weighted by Crippen LogP contribution is 2.09. The van der Waals surface area contributed by atoms with Gasteiger partial charge in [-0.15, -0.1) is 0 Å². The summed E-state index contributed by atoms with van der Waals surface area (Å²) in [7, 11) is 0. The fourth-order valence-corrected chi connectivity index (χ4v) is 0.821. The average molecular weight is 232 g/mol. The van der Waals surface area contributed by atoms with Crippen molar-refractivity contribution in [2.24, 2.45) is 5.73 Å². The molecule has 1 unspecified atom stereocenters. The molecule has 0 aliphatic heterocycles. The van der Waals surface area contributed by atoms with Crippen LogP contribution in [0.2, 0.25) is 0 Å². The van der Waals surface area contributed by atoms with Crippen molar-refractivity contribution < 1.29 is 0 Å². The van der Waals surface area contributed by atoms with Crippen LogP contribution in [0.4, 0.5) is 0 Å². The van der Waals surface area contributed by atoms with Crippen LogP contribution in [-0.4, -0.2) is 6.04 Å². The van der Waals surface area contributed by atoms with Crippen LogP contribution in [0.5, 0.6) is 0 Å². The van der Waals surface area contributed by atoms with Crippen LogP contribution >= 0.6 is 15.9 Å². The smallest absolute Gasteiger partial charge is 0.0266 e. The van der Waals surface area contributed by atoms with Crippen molar-refractivity contribution in [3.05, 3.63) is 35.4 Å². The Morgan fingerprint density at radius 3 is 2.00 bits per heavy atom. The van der Waals surface area contributed by atoms with Crippen molar-refractivity contribution in [1.29, 1.82) is 0 Å². The lowest BCUT2D eigenvalue weighted by Gasteiger charge is -2.04. The number of halogens is 1. The first-order valence-corrected chi connectivity index (χ1v) is 4.81. The van der Waals surface area contributed by atoms with E-state index in [1.54, 1.807) is 6.08 Å². The first kappa shape index (κ1) is 14.2. The van der Waals surface area contributed by atoms with E-state index < -0.39 is 0 Å². The summed E-state index contributed by atoms with van der Waals surface area (Å²) in [6.45, 7) is 13.2. The molecular formula is C10H18BrN. The van der Waals surface area contributed by atoms with Crippen LogP contribution in [0.25, 0.3) is 0 Å². The van der Waals surface area contributed by atoms with Crippen LogP contribution in [0.15, 0.2) is 35.4 Å². The molecule has 0 fully saturated rings. The van der Waals surface area contributed by atoms with Gasteiger partial charge in [-0.1, -0.05) is 49.0 Å². The summed E-state index contributed by atoms with van der Waals surface area (Å²) in [5.74, 6) is 0. The van der Waals surface area contributed by atoms with E-state index in [1.807, 2.05) is 26.8 Å². The zero-order valence-electron chi connectivity index (χ0n) is 8.10. The third-order valence-electron chi connectivity index (χ3n) is 1.08. The summed E-state index contributed by atoms with van der Waals surface area (Å²) in [4.78, 5) is 0. The normalized spacial score (nSPS) is 12.6. The summed E-state index contributed by atoms with van der Waals surface area (Å²) in [6.07, 6.45) is 3.59. The molecule has 0 heterocycles. The number of rotatable bonds is 3. The highest BCUT2D eigenvalue weighted by molar-refractivity contribution is 9.11. The first-order valence-electron chi connectivity index (χ1n) is 4.02. The Kier molecular flexibility index (Phi) is 10.4. The second kappa shape index (κ2) is 8.75. The van der Waals surface area contributed by atoms with E-state index in [0.29, 0.717) is 0 Å². The predicted octanol–water partition coefficient (Wildman–Crippen LogP) is 3.38. The molecule has 1 atom stereocenters. The Morgan fingerprint density at radius 2 is 1.92 bits per heavy atom. The third kappa shape index (κ3) is 7.76. The highest BCUT2D eigenvalue weighted by atomic mass is 79.9. The lowest BCUT2D eigenvalue weighted by atomic mass is 10.1. The first-order chi connectivity index (χ1) is 5.57. The molecule has 2 N–H and O–H groups in total. The molecule has 0 radical (unpaired) electrons. The van der Waals surface area contributed by atoms with Crippen molar-refractivity contribution in [3.8, 4) is 0 Å². The molecule has 1 nitrogen and oxygen atoms in total. The lowest BCUT2D eigenvalue weighted by molar-refractivity contribution is 0.886. The molecule has 12 heavy (non-hydrogen) atoms. The van der Waals surface area contributed by atoms with Gasteiger partial charge in [0.25, 0.3) is 0 Å². The van der Waals surface area contributed by atoms with Gasteiger partial charge in [0.15, 0.2) is 0 Å². The van der Waals surface area contributed by atoms with E-state index in [4.69, 9.17) is 5.73 Å². The van der Waals surface area contributed by atoms with Crippen molar-refractivity contribution in [2.75, 3.05) is 0 Å². The summed E-state index contributed by atoms with van der Waals surface area (Å²) < 4.78 is 0.819. The second-order valence-electron chi connectivity index (χ2n) is 2.08. The Bertz CT molecular complexity index is 169. The van der Waals surface area contributed by atoms with Gasteiger partial charge in [0, 0.05) is 10.5 Å². The number of hydrogen-bond donors (Lipinski definition) is 1. The zero-order valence-corrected chi connectivity index (χ0v) is 9.69. The minimum atomic E-state index is 0.0202. The van der Waals surface area contributed by atoms with Gasteiger partial charge in [-0.3, -0.25) is 0 Å². The largest absolute Gasteiger partial charge is 0.324 e. The van der Waals surface area contributed by atoms with Gasteiger partial charge in [0.1, 0.15) is 0 Å². The van der Waals surface area contributed by atoms with E-state index in [1.165, 1.54) is 0 Å². The van der Waals surface area contributed by atoms with Crippen molar-refractivity contribution in [3.63, 3.8) is 0 Å². The molecule has 0 aromatic heterocycles. The fraction of sp³-hybridized carbons (Fsp3) is 0.400. The lowest BCUT2D eigenvalue weighted by Crippen LogP contribution is -2.16. The monoisotopic (exact) mass is 231 g/mol. The molecule has 0 aromatic carbocycles. The molecule has 0 amide bonds. The van der Waals surface area contributed by atoms with Crippen LogP contribution in [0.1, 0.15) is 20.8 Å². The van der Waals surface area contributed by atoms with Crippen molar-refractivity contribution in [2.45, 2.75) is 26.8 Å². The minimum absolute atomic E-state index is 0.0202. The van der Waals surface area contributed by atoms with E-state index in [-0.39, 0.29) is 6.04 Å². The van der Waals surface area contributed by atoms with Crippen molar-refractivity contribution in [1.82, 2.24) is 0 Å². The molecule has 0 rings (SSSR count). The second-order valence-corrected chi connectivity index (χ2v) is 3.10. The summed E-state index contributed by atoms with van der Waals surface area (Å²) >= 11 is 3.21. The molecule has 0 bridgehead atoms. The quantitative estimate of drug-likeness (QED) is 0.741. The Balaban J connectivity index is 0. The predicted molar refractivity (Wildman–Crippen MR) is 61.3 cm³/mol. The van der Waals surface area contributed by atoms with Gasteiger partial charge in [0.2, 0.25) is 0 Å². The van der Waals surface area contributed by atoms with Gasteiger partial charge >= 0.3 is 0 Å². The van der Waals surface area contributed by atoms with Crippen LogP contribution < -0.4 is 5.73 Å². The maximum atomic E-state index is 5.59. The van der Waals surface area contributed by atoms with Crippen LogP contribution in [-0.2, 0) is 0 Å². The fourth-order valence-electron chi connectivity index (χ4n) is 0.557. The maximum absolute atomic E-state index is 5.59. The molecule has 0 aliphatic carbocycles. The highest BCUT2D eigenvalue weighted by Gasteiger charge is 1.96. The van der Waals surface area contributed by atoms with Gasteiger partial charge < -0.3 is 5.73 Å². The maximum Gasteiger partial charge on any atom is 0.0266 e.